The molecule has 0 spiro atoms. The Morgan fingerprint density at radius 2 is 1.86 bits per heavy atom. The van der Waals surface area contributed by atoms with E-state index in [2.05, 4.69) is 11.2 Å². The van der Waals surface area contributed by atoms with Gasteiger partial charge in [-0.15, -0.1) is 0 Å². The molecular weight excluding hydrogens is 138 g/mol. The zero-order valence-electron chi connectivity index (χ0n) is 3.11. The molecule has 2 N–H and O–H groups in total. The SMILES string of the molecule is N#CO.O=[SH](O)=S. The van der Waals surface area contributed by atoms with Crippen molar-refractivity contribution < 1.29 is 13.9 Å². The van der Waals surface area contributed by atoms with Crippen molar-refractivity contribution in [3.8, 4) is 6.26 Å². The summed E-state index contributed by atoms with van der Waals surface area (Å²) in [6, 6.07) is 0. The van der Waals surface area contributed by atoms with Gasteiger partial charge in [-0.3, -0.25) is 0 Å². The average molecular weight is 141 g/mol. The van der Waals surface area contributed by atoms with Crippen LogP contribution in [0.3, 0.4) is 0 Å². The topological polar surface area (TPSA) is 81.3 Å². The smallest absolute Gasteiger partial charge is 0.283 e. The molecule has 0 aliphatic heterocycles. The second kappa shape index (κ2) is 9.15. The summed E-state index contributed by atoms with van der Waals surface area (Å²) in [5, 5.41) is 13.8. The number of aliphatic hydroxyl groups is 1. The van der Waals surface area contributed by atoms with Crippen molar-refractivity contribution in [1.29, 1.82) is 5.26 Å². The van der Waals surface area contributed by atoms with E-state index >= 15 is 0 Å². The minimum absolute atomic E-state index is 0.750. The van der Waals surface area contributed by atoms with Crippen LogP contribution in [0.4, 0.5) is 0 Å². The Morgan fingerprint density at radius 3 is 1.86 bits per heavy atom. The van der Waals surface area contributed by atoms with Crippen molar-refractivity contribution in [3.63, 3.8) is 0 Å². The van der Waals surface area contributed by atoms with Gasteiger partial charge in [0, 0.05) is 11.2 Å². The molecule has 1 atom stereocenters. The highest BCUT2D eigenvalue weighted by Gasteiger charge is 1.39. The summed E-state index contributed by atoms with van der Waals surface area (Å²) in [4.78, 5) is 0. The summed E-state index contributed by atoms with van der Waals surface area (Å²) in [6.45, 7) is 0. The fraction of sp³-hybridized carbons (Fsp3) is 0. The van der Waals surface area contributed by atoms with Crippen LogP contribution in [0.2, 0.25) is 0 Å². The van der Waals surface area contributed by atoms with Crippen LogP contribution in [-0.4, -0.2) is 13.9 Å². The van der Waals surface area contributed by atoms with Crippen LogP contribution < -0.4 is 0 Å². The minimum Gasteiger partial charge on any atom is -0.443 e. The molecule has 0 aliphatic rings. The van der Waals surface area contributed by atoms with E-state index in [1.807, 2.05) is 0 Å². The number of nitrogens with zero attached hydrogens (tertiary/aromatic N) is 1. The molecule has 0 bridgehead atoms. The Morgan fingerprint density at radius 1 is 1.86 bits per heavy atom. The monoisotopic (exact) mass is 141 g/mol. The predicted molar refractivity (Wildman–Crippen MR) is 27.1 cm³/mol. The molecule has 0 heterocycles. The highest BCUT2D eigenvalue weighted by molar-refractivity contribution is 8.18. The maximum absolute atomic E-state index is 8.96. The van der Waals surface area contributed by atoms with E-state index in [0.29, 0.717) is 0 Å². The van der Waals surface area contributed by atoms with Crippen LogP contribution in [0.5, 0.6) is 0 Å². The van der Waals surface area contributed by atoms with Crippen molar-refractivity contribution in [1.82, 2.24) is 0 Å². The van der Waals surface area contributed by atoms with Gasteiger partial charge in [-0.05, 0) is 0 Å². The molecule has 6 heteroatoms. The second-order valence-electron chi connectivity index (χ2n) is 0.338. The standard InChI is InChI=1S/CHNO.H2O2S2/c2-1-3;1-4(2)3/h3H;4H,(H,1,2,3). The van der Waals surface area contributed by atoms with Crippen molar-refractivity contribution >= 4 is 20.8 Å². The molecule has 0 aromatic heterocycles. The fourth-order valence-electron chi connectivity index (χ4n) is 0. The first kappa shape index (κ1) is 9.80. The maximum atomic E-state index is 8.96. The minimum atomic E-state index is -2.29. The third-order valence-electron chi connectivity index (χ3n) is 0. The van der Waals surface area contributed by atoms with E-state index in [-0.39, 0.29) is 0 Å². The van der Waals surface area contributed by atoms with E-state index in [1.165, 1.54) is 0 Å². The van der Waals surface area contributed by atoms with Crippen molar-refractivity contribution in [2.45, 2.75) is 0 Å². The Balaban J connectivity index is 0. The summed E-state index contributed by atoms with van der Waals surface area (Å²) in [5.41, 5.74) is 0. The van der Waals surface area contributed by atoms with Gasteiger partial charge in [0.15, 0.2) is 0 Å². The van der Waals surface area contributed by atoms with Gasteiger partial charge in [0.25, 0.3) is 6.26 Å². The molecule has 0 saturated heterocycles. The van der Waals surface area contributed by atoms with Gasteiger partial charge in [0.05, 0.1) is 0 Å². The summed E-state index contributed by atoms with van der Waals surface area (Å²) in [5.74, 6) is 0. The van der Waals surface area contributed by atoms with Crippen LogP contribution in [-0.2, 0) is 20.8 Å². The first-order valence-corrected chi connectivity index (χ1v) is 3.24. The van der Waals surface area contributed by atoms with Crippen molar-refractivity contribution in [2.24, 2.45) is 0 Å². The van der Waals surface area contributed by atoms with Crippen LogP contribution in [0.15, 0.2) is 0 Å². The van der Waals surface area contributed by atoms with Gasteiger partial charge >= 0.3 is 0 Å². The third kappa shape index (κ3) is 510. The highest BCUT2D eigenvalue weighted by atomic mass is 32.8. The quantitative estimate of drug-likeness (QED) is 0.305. The van der Waals surface area contributed by atoms with Crippen LogP contribution in [0, 0.1) is 11.5 Å². The summed E-state index contributed by atoms with van der Waals surface area (Å²) < 4.78 is 16.3. The molecular formula is CH3NO3S2. The lowest BCUT2D eigenvalue weighted by atomic mass is 11.6. The van der Waals surface area contributed by atoms with Gasteiger partial charge in [-0.1, -0.05) is 0 Å². The summed E-state index contributed by atoms with van der Waals surface area (Å²) in [6.07, 6.45) is 0.750. The number of nitriles is 1. The summed E-state index contributed by atoms with van der Waals surface area (Å²) in [7, 11) is -2.29. The average Bonchev–Trinajstić information content (AvgIpc) is 1.33. The molecule has 1 unspecified atom stereocenters. The predicted octanol–water partition coefficient (Wildman–Crippen LogP) is -0.758. The number of hydrogen-bond acceptors (Lipinski definition) is 4. The van der Waals surface area contributed by atoms with E-state index < -0.39 is 9.64 Å². The van der Waals surface area contributed by atoms with Gasteiger partial charge in [-0.25, -0.2) is 4.21 Å². The molecule has 0 rings (SSSR count). The van der Waals surface area contributed by atoms with Gasteiger partial charge in [0.1, 0.15) is 9.64 Å². The number of rotatable bonds is 0. The first-order valence-electron chi connectivity index (χ1n) is 1.01. The largest absolute Gasteiger partial charge is 0.443 e. The number of thiol groups is 1. The van der Waals surface area contributed by atoms with Gasteiger partial charge < -0.3 is 9.66 Å². The lowest BCUT2D eigenvalue weighted by molar-refractivity contribution is 0.503. The zero-order valence-corrected chi connectivity index (χ0v) is 4.82. The number of aliphatic hydroxyl groups excluding tert-OH is 1. The van der Waals surface area contributed by atoms with Gasteiger partial charge in [-0.2, -0.15) is 5.26 Å². The van der Waals surface area contributed by atoms with Crippen LogP contribution >= 0.6 is 0 Å². The lowest BCUT2D eigenvalue weighted by Gasteiger charge is -1.47. The normalized spacial score (nSPS) is 9.71. The van der Waals surface area contributed by atoms with Crippen molar-refractivity contribution in [3.05, 3.63) is 0 Å². The van der Waals surface area contributed by atoms with E-state index in [9.17, 15) is 0 Å². The molecule has 0 radical (unpaired) electrons. The maximum Gasteiger partial charge on any atom is 0.283 e. The second-order valence-corrected chi connectivity index (χ2v) is 1.75. The Kier molecular flexibility index (Phi) is 12.8. The van der Waals surface area contributed by atoms with Crippen LogP contribution in [0.25, 0.3) is 0 Å². The molecule has 4 nitrogen and oxygen atoms in total. The van der Waals surface area contributed by atoms with Crippen LogP contribution in [0.1, 0.15) is 0 Å². The molecule has 0 aromatic rings. The molecule has 0 saturated carbocycles. The molecule has 0 aliphatic carbocycles. The molecule has 0 amide bonds. The Hall–Kier alpha value is -0.380. The zero-order chi connectivity index (χ0) is 6.28. The Bertz CT molecular complexity index is 113. The third-order valence-corrected chi connectivity index (χ3v) is 0. The first-order chi connectivity index (χ1) is 3.15. The highest BCUT2D eigenvalue weighted by Crippen LogP contribution is 1.31. The molecule has 7 heavy (non-hydrogen) atoms. The molecule has 0 fully saturated rings. The van der Waals surface area contributed by atoms with E-state index in [4.69, 9.17) is 19.1 Å². The van der Waals surface area contributed by atoms with Gasteiger partial charge in [0.2, 0.25) is 0 Å². The van der Waals surface area contributed by atoms with Crippen molar-refractivity contribution in [2.75, 3.05) is 0 Å². The molecule has 0 aromatic carbocycles. The fourth-order valence-corrected chi connectivity index (χ4v) is 0. The lowest BCUT2D eigenvalue weighted by Crippen LogP contribution is -1.54. The number of hydrogen-bond donors (Lipinski definition) is 3. The summed E-state index contributed by atoms with van der Waals surface area (Å²) >= 11 is 3.69. The van der Waals surface area contributed by atoms with E-state index in [0.717, 1.165) is 6.26 Å². The molecule has 42 valence electrons. The van der Waals surface area contributed by atoms with E-state index in [1.54, 1.807) is 0 Å². The Labute approximate surface area is 46.9 Å².